The highest BCUT2D eigenvalue weighted by Gasteiger charge is 2.36. The summed E-state index contributed by atoms with van der Waals surface area (Å²) in [4.78, 5) is 5.17. The van der Waals surface area contributed by atoms with Gasteiger partial charge in [0.2, 0.25) is 0 Å². The van der Waals surface area contributed by atoms with Crippen LogP contribution in [0.15, 0.2) is 89.8 Å². The second-order valence-corrected chi connectivity index (χ2v) is 9.33. The molecular weight excluding hydrogens is 376 g/mol. The Labute approximate surface area is 187 Å². The summed E-state index contributed by atoms with van der Waals surface area (Å²) in [6, 6.07) is 20.0. The summed E-state index contributed by atoms with van der Waals surface area (Å²) in [5.74, 6) is 0.731. The Morgan fingerprint density at radius 1 is 0.871 bits per heavy atom. The monoisotopic (exact) mass is 410 g/mol. The fraction of sp³-hybridized carbons (Fsp3) is 0.379. The second kappa shape index (κ2) is 8.88. The molecule has 5 rings (SSSR count). The van der Waals surface area contributed by atoms with Crippen LogP contribution in [-0.2, 0) is 19.4 Å². The third kappa shape index (κ3) is 4.55. The number of rotatable bonds is 7. The normalized spacial score (nSPS) is 19.5. The van der Waals surface area contributed by atoms with Gasteiger partial charge in [-0.2, -0.15) is 0 Å². The van der Waals surface area contributed by atoms with Gasteiger partial charge >= 0.3 is 0 Å². The van der Waals surface area contributed by atoms with Gasteiger partial charge in [0.1, 0.15) is 0 Å². The van der Waals surface area contributed by atoms with E-state index in [4.69, 9.17) is 0 Å². The predicted molar refractivity (Wildman–Crippen MR) is 130 cm³/mol. The summed E-state index contributed by atoms with van der Waals surface area (Å²) in [5, 5.41) is 0. The highest BCUT2D eigenvalue weighted by Crippen LogP contribution is 2.47. The van der Waals surface area contributed by atoms with Crippen LogP contribution in [0.25, 0.3) is 0 Å². The molecule has 2 aromatic rings. The van der Waals surface area contributed by atoms with E-state index in [1.807, 2.05) is 0 Å². The minimum Gasteiger partial charge on any atom is -0.348 e. The Morgan fingerprint density at radius 2 is 1.61 bits per heavy atom. The van der Waals surface area contributed by atoms with E-state index in [1.54, 1.807) is 5.57 Å². The molecule has 0 amide bonds. The number of nitrogens with zero attached hydrogens (tertiary/aromatic N) is 2. The first-order valence-corrected chi connectivity index (χ1v) is 12.0. The summed E-state index contributed by atoms with van der Waals surface area (Å²) in [6.45, 7) is 11.1. The Balaban J connectivity index is 1.31. The fourth-order valence-electron chi connectivity index (χ4n) is 5.03. The maximum absolute atomic E-state index is 4.60. The lowest BCUT2D eigenvalue weighted by molar-refractivity contribution is 0.197. The Kier molecular flexibility index (Phi) is 5.82. The van der Waals surface area contributed by atoms with Crippen LogP contribution in [0, 0.1) is 5.92 Å². The minimum atomic E-state index is 0.731. The summed E-state index contributed by atoms with van der Waals surface area (Å²) in [6.07, 6.45) is 8.35. The summed E-state index contributed by atoms with van der Waals surface area (Å²) in [5.41, 5.74) is 10.1. The zero-order chi connectivity index (χ0) is 21.2. The zero-order valence-corrected chi connectivity index (χ0v) is 18.8. The number of aryl methyl sites for hydroxylation is 2. The fourth-order valence-corrected chi connectivity index (χ4v) is 5.03. The molecule has 1 saturated carbocycles. The highest BCUT2D eigenvalue weighted by atomic mass is 15.3. The standard InChI is InChI=1S/C29H34N2/c1-3-23-9-11-25(12-10-23)19-30-17-18-31-20-27(14-13-24-7-5-4-6-8-24)22(2)29(26-15-16-26)28(31)21-30/h4-12,20,26H,2-3,13-19,21H2,1H3. The van der Waals surface area contributed by atoms with Crippen molar-refractivity contribution in [1.29, 1.82) is 0 Å². The number of piperazine rings is 1. The van der Waals surface area contributed by atoms with Gasteiger partial charge in [0.25, 0.3) is 0 Å². The Morgan fingerprint density at radius 3 is 2.32 bits per heavy atom. The van der Waals surface area contributed by atoms with Crippen molar-refractivity contribution < 1.29 is 0 Å². The van der Waals surface area contributed by atoms with Gasteiger partial charge in [-0.15, -0.1) is 0 Å². The van der Waals surface area contributed by atoms with E-state index in [-0.39, 0.29) is 0 Å². The van der Waals surface area contributed by atoms with E-state index in [2.05, 4.69) is 84.1 Å². The Bertz CT molecular complexity index is 993. The zero-order valence-electron chi connectivity index (χ0n) is 18.8. The Hall–Kier alpha value is -2.58. The van der Waals surface area contributed by atoms with Crippen molar-refractivity contribution in [3.05, 3.63) is 106 Å². The average molecular weight is 411 g/mol. The molecule has 2 fully saturated rings. The highest BCUT2D eigenvalue weighted by molar-refractivity contribution is 5.53. The van der Waals surface area contributed by atoms with Crippen LogP contribution in [0.4, 0.5) is 0 Å². The van der Waals surface area contributed by atoms with E-state index in [1.165, 1.54) is 46.4 Å². The van der Waals surface area contributed by atoms with Crippen molar-refractivity contribution in [2.75, 3.05) is 19.6 Å². The molecule has 31 heavy (non-hydrogen) atoms. The van der Waals surface area contributed by atoms with E-state index < -0.39 is 0 Å². The lowest BCUT2D eigenvalue weighted by atomic mass is 9.87. The molecule has 2 heteroatoms. The molecule has 0 spiro atoms. The smallest absolute Gasteiger partial charge is 0.0394 e. The summed E-state index contributed by atoms with van der Waals surface area (Å²) < 4.78 is 0. The third-order valence-electron chi connectivity index (χ3n) is 7.06. The van der Waals surface area contributed by atoms with E-state index in [0.29, 0.717) is 0 Å². The van der Waals surface area contributed by atoms with Crippen molar-refractivity contribution in [3.8, 4) is 0 Å². The van der Waals surface area contributed by atoms with Crippen molar-refractivity contribution in [3.63, 3.8) is 0 Å². The van der Waals surface area contributed by atoms with Gasteiger partial charge in [0.15, 0.2) is 0 Å². The molecule has 0 N–H and O–H groups in total. The average Bonchev–Trinajstić information content (AvgIpc) is 3.64. The molecule has 2 aromatic carbocycles. The van der Waals surface area contributed by atoms with Crippen LogP contribution in [0.5, 0.6) is 0 Å². The molecule has 2 aliphatic heterocycles. The van der Waals surface area contributed by atoms with E-state index >= 15 is 0 Å². The van der Waals surface area contributed by atoms with Crippen LogP contribution in [-0.4, -0.2) is 29.4 Å². The molecule has 2 nitrogen and oxygen atoms in total. The molecule has 160 valence electrons. The van der Waals surface area contributed by atoms with Crippen LogP contribution >= 0.6 is 0 Å². The van der Waals surface area contributed by atoms with Crippen molar-refractivity contribution in [1.82, 2.24) is 9.80 Å². The first kappa shape index (κ1) is 20.3. The molecule has 0 bridgehead atoms. The summed E-state index contributed by atoms with van der Waals surface area (Å²) >= 11 is 0. The minimum absolute atomic E-state index is 0.731. The van der Waals surface area contributed by atoms with Crippen molar-refractivity contribution in [2.45, 2.75) is 45.6 Å². The van der Waals surface area contributed by atoms with Gasteiger partial charge in [-0.25, -0.2) is 0 Å². The topological polar surface area (TPSA) is 6.48 Å². The molecule has 0 radical (unpaired) electrons. The van der Waals surface area contributed by atoms with Crippen molar-refractivity contribution >= 4 is 0 Å². The molecular formula is C29H34N2. The first-order valence-electron chi connectivity index (χ1n) is 12.0. The number of allylic oxidation sites excluding steroid dienone is 3. The maximum Gasteiger partial charge on any atom is 0.0394 e. The quantitative estimate of drug-likeness (QED) is 0.543. The molecule has 0 unspecified atom stereocenters. The van der Waals surface area contributed by atoms with Crippen molar-refractivity contribution in [2.24, 2.45) is 5.92 Å². The van der Waals surface area contributed by atoms with Gasteiger partial charge in [-0.3, -0.25) is 4.90 Å². The molecule has 0 aromatic heterocycles. The van der Waals surface area contributed by atoms with Gasteiger partial charge in [0, 0.05) is 38.1 Å². The number of benzene rings is 2. The predicted octanol–water partition coefficient (Wildman–Crippen LogP) is 6.12. The molecule has 3 aliphatic rings. The largest absolute Gasteiger partial charge is 0.348 e. The summed E-state index contributed by atoms with van der Waals surface area (Å²) in [7, 11) is 0. The van der Waals surface area contributed by atoms with Gasteiger partial charge in [-0.1, -0.05) is 68.1 Å². The van der Waals surface area contributed by atoms with Gasteiger partial charge in [-0.05, 0) is 71.4 Å². The van der Waals surface area contributed by atoms with E-state index in [9.17, 15) is 0 Å². The van der Waals surface area contributed by atoms with Crippen LogP contribution in [0.2, 0.25) is 0 Å². The third-order valence-corrected chi connectivity index (χ3v) is 7.06. The van der Waals surface area contributed by atoms with Gasteiger partial charge in [0.05, 0.1) is 0 Å². The number of hydrogen-bond acceptors (Lipinski definition) is 2. The first-order chi connectivity index (χ1) is 15.2. The lowest BCUT2D eigenvalue weighted by Crippen LogP contribution is -2.44. The van der Waals surface area contributed by atoms with Crippen LogP contribution in [0.1, 0.15) is 42.9 Å². The number of hydrogen-bond donors (Lipinski definition) is 0. The maximum atomic E-state index is 4.60. The number of fused-ring (bicyclic) bond motifs is 1. The SMILES string of the molecule is C=C1C(CCc2ccccc2)=CN2CCN(Cc3ccc(CC)cc3)CC2=C1C1CC1. The van der Waals surface area contributed by atoms with E-state index in [0.717, 1.165) is 51.4 Å². The molecule has 0 atom stereocenters. The second-order valence-electron chi connectivity index (χ2n) is 9.33. The molecule has 2 heterocycles. The molecule has 1 saturated heterocycles. The van der Waals surface area contributed by atoms with Gasteiger partial charge < -0.3 is 4.90 Å². The molecule has 1 aliphatic carbocycles. The van der Waals surface area contributed by atoms with Crippen LogP contribution in [0.3, 0.4) is 0 Å². The lowest BCUT2D eigenvalue weighted by Gasteiger charge is -2.41. The van der Waals surface area contributed by atoms with Crippen LogP contribution < -0.4 is 0 Å².